The molecule has 8 heteroatoms. The summed E-state index contributed by atoms with van der Waals surface area (Å²) in [5.41, 5.74) is 5.42. The zero-order valence-electron chi connectivity index (χ0n) is 15.5. The summed E-state index contributed by atoms with van der Waals surface area (Å²) in [7, 11) is 0. The zero-order valence-corrected chi connectivity index (χ0v) is 15.5. The number of nitrogens with two attached hydrogens (primary N) is 1. The summed E-state index contributed by atoms with van der Waals surface area (Å²) in [6, 6.07) is 6.09. The molecule has 1 aliphatic rings. The molecule has 0 radical (unpaired) electrons. The molecular weight excluding hydrogens is 355 g/mol. The molecule has 3 N–H and O–H groups in total. The fourth-order valence-corrected chi connectivity index (χ4v) is 3.35. The number of halogens is 3. The zero-order chi connectivity index (χ0) is 19.6. The van der Waals surface area contributed by atoms with Crippen LogP contribution in [0, 0.1) is 0 Å². The maximum Gasteiger partial charge on any atom is 0.418 e. The average Bonchev–Trinajstić information content (AvgIpc) is 3.02. The van der Waals surface area contributed by atoms with Crippen LogP contribution >= 0.6 is 0 Å². The molecule has 2 aromatic rings. The molecule has 0 saturated carbocycles. The number of benzene rings is 1. The molecule has 2 heterocycles. The third-order valence-electron chi connectivity index (χ3n) is 4.73. The Morgan fingerprint density at radius 2 is 2.04 bits per heavy atom. The van der Waals surface area contributed by atoms with Gasteiger partial charge in [-0.1, -0.05) is 13.3 Å². The topological polar surface area (TPSA) is 67.1 Å². The first kappa shape index (κ1) is 19.3. The number of nitrogen functional groups attached to an aromatic ring is 1. The number of hydrogen-bond acceptors (Lipinski definition) is 5. The first-order chi connectivity index (χ1) is 12.8. The lowest BCUT2D eigenvalue weighted by Gasteiger charge is -2.23. The Balaban J connectivity index is 1.93. The van der Waals surface area contributed by atoms with Crippen molar-refractivity contribution in [3.8, 4) is 0 Å². The van der Waals surface area contributed by atoms with Crippen molar-refractivity contribution < 1.29 is 13.2 Å². The molecule has 0 amide bonds. The molecule has 27 heavy (non-hydrogen) atoms. The first-order valence-electron chi connectivity index (χ1n) is 9.16. The summed E-state index contributed by atoms with van der Waals surface area (Å²) in [6.45, 7) is 5.13. The lowest BCUT2D eigenvalue weighted by molar-refractivity contribution is -0.136. The number of aromatic nitrogens is 2. The summed E-state index contributed by atoms with van der Waals surface area (Å²) in [6.07, 6.45) is -0.608. The van der Waals surface area contributed by atoms with Crippen molar-refractivity contribution in [3.63, 3.8) is 0 Å². The van der Waals surface area contributed by atoms with Crippen molar-refractivity contribution in [1.82, 2.24) is 9.97 Å². The van der Waals surface area contributed by atoms with E-state index >= 15 is 0 Å². The second-order valence-corrected chi connectivity index (χ2v) is 6.90. The van der Waals surface area contributed by atoms with Crippen LogP contribution in [-0.2, 0) is 12.6 Å². The van der Waals surface area contributed by atoms with E-state index in [1.165, 1.54) is 12.1 Å². The van der Waals surface area contributed by atoms with Gasteiger partial charge in [0, 0.05) is 35.7 Å². The van der Waals surface area contributed by atoms with E-state index in [4.69, 9.17) is 5.73 Å². The van der Waals surface area contributed by atoms with E-state index in [1.807, 2.05) is 6.07 Å². The van der Waals surface area contributed by atoms with Crippen LogP contribution in [0.5, 0.6) is 0 Å². The highest BCUT2D eigenvalue weighted by atomic mass is 19.4. The minimum Gasteiger partial charge on any atom is -0.398 e. The van der Waals surface area contributed by atoms with Crippen molar-refractivity contribution in [2.24, 2.45) is 0 Å². The van der Waals surface area contributed by atoms with Crippen molar-refractivity contribution >= 4 is 23.1 Å². The van der Waals surface area contributed by atoms with Crippen molar-refractivity contribution in [2.75, 3.05) is 22.5 Å². The summed E-state index contributed by atoms with van der Waals surface area (Å²) in [5.74, 6) is 1.11. The van der Waals surface area contributed by atoms with E-state index in [9.17, 15) is 13.2 Å². The third kappa shape index (κ3) is 4.43. The molecule has 3 rings (SSSR count). The Bertz CT molecular complexity index is 806. The molecule has 1 aromatic carbocycles. The number of rotatable bonds is 5. The largest absolute Gasteiger partial charge is 0.418 e. The van der Waals surface area contributed by atoms with Gasteiger partial charge in [0.1, 0.15) is 5.82 Å². The molecule has 0 aliphatic carbocycles. The van der Waals surface area contributed by atoms with Gasteiger partial charge >= 0.3 is 6.18 Å². The molecule has 1 saturated heterocycles. The van der Waals surface area contributed by atoms with Crippen LogP contribution < -0.4 is 16.0 Å². The summed E-state index contributed by atoms with van der Waals surface area (Å²) in [5, 5.41) is 2.92. The Morgan fingerprint density at radius 1 is 1.26 bits per heavy atom. The quantitative estimate of drug-likeness (QED) is 0.733. The molecule has 146 valence electrons. The van der Waals surface area contributed by atoms with Gasteiger partial charge in [-0.15, -0.1) is 0 Å². The molecule has 0 bridgehead atoms. The normalized spacial score (nSPS) is 17.4. The highest BCUT2D eigenvalue weighted by Crippen LogP contribution is 2.35. The SMILES string of the molecule is CCCc1cc(N2CCCC2C)nc(Nc2ccc(N)c(C(F)(F)F)c2)n1. The smallest absolute Gasteiger partial charge is 0.398 e. The minimum absolute atomic E-state index is 0.255. The van der Waals surface area contributed by atoms with Gasteiger partial charge in [-0.3, -0.25) is 0 Å². The molecular formula is C19H24F3N5. The molecule has 0 spiro atoms. The number of nitrogens with zero attached hydrogens (tertiary/aromatic N) is 3. The van der Waals surface area contributed by atoms with Gasteiger partial charge in [-0.05, 0) is 44.4 Å². The highest BCUT2D eigenvalue weighted by molar-refractivity contribution is 5.63. The molecule has 5 nitrogen and oxygen atoms in total. The third-order valence-corrected chi connectivity index (χ3v) is 4.73. The van der Waals surface area contributed by atoms with Crippen LogP contribution in [0.4, 0.5) is 36.3 Å². The van der Waals surface area contributed by atoms with E-state index in [1.54, 1.807) is 0 Å². The average molecular weight is 379 g/mol. The van der Waals surface area contributed by atoms with Gasteiger partial charge in [0.25, 0.3) is 0 Å². The Labute approximate surface area is 156 Å². The molecule has 1 aliphatic heterocycles. The predicted octanol–water partition coefficient (Wildman–Crippen LogP) is 4.76. The van der Waals surface area contributed by atoms with Gasteiger partial charge < -0.3 is 16.0 Å². The van der Waals surface area contributed by atoms with Crippen molar-refractivity contribution in [1.29, 1.82) is 0 Å². The molecule has 1 atom stereocenters. The minimum atomic E-state index is -4.51. The number of anilines is 4. The van der Waals surface area contributed by atoms with Crippen molar-refractivity contribution in [3.05, 3.63) is 35.5 Å². The number of aryl methyl sites for hydroxylation is 1. The van der Waals surface area contributed by atoms with Crippen LogP contribution in [0.15, 0.2) is 24.3 Å². The number of nitrogens with one attached hydrogen (secondary N) is 1. The maximum absolute atomic E-state index is 13.1. The van der Waals surface area contributed by atoms with Gasteiger partial charge in [0.05, 0.1) is 5.56 Å². The van der Waals surface area contributed by atoms with Crippen LogP contribution in [0.2, 0.25) is 0 Å². The standard InChI is InChI=1S/C19H24F3N5/c1-3-5-13-11-17(27-9-4-6-12(27)2)26-18(24-13)25-14-7-8-16(23)15(10-14)19(20,21)22/h7-8,10-12H,3-6,9,23H2,1-2H3,(H,24,25,26). The fourth-order valence-electron chi connectivity index (χ4n) is 3.35. The van der Waals surface area contributed by atoms with Crippen LogP contribution in [0.3, 0.4) is 0 Å². The van der Waals surface area contributed by atoms with E-state index < -0.39 is 11.7 Å². The maximum atomic E-state index is 13.1. The fraction of sp³-hybridized carbons (Fsp3) is 0.474. The number of hydrogen-bond donors (Lipinski definition) is 2. The predicted molar refractivity (Wildman–Crippen MR) is 101 cm³/mol. The van der Waals surface area contributed by atoms with E-state index in [2.05, 4.69) is 34.0 Å². The van der Waals surface area contributed by atoms with E-state index in [0.29, 0.717) is 12.0 Å². The van der Waals surface area contributed by atoms with E-state index in [0.717, 1.165) is 49.8 Å². The van der Waals surface area contributed by atoms with Gasteiger partial charge in [-0.25, -0.2) is 4.98 Å². The van der Waals surface area contributed by atoms with E-state index in [-0.39, 0.29) is 11.4 Å². The summed E-state index contributed by atoms with van der Waals surface area (Å²) in [4.78, 5) is 11.2. The lowest BCUT2D eigenvalue weighted by Crippen LogP contribution is -2.27. The summed E-state index contributed by atoms with van der Waals surface area (Å²) < 4.78 is 39.3. The Hall–Kier alpha value is -2.51. The highest BCUT2D eigenvalue weighted by Gasteiger charge is 2.33. The second kappa shape index (κ2) is 7.62. The number of alkyl halides is 3. The lowest BCUT2D eigenvalue weighted by atomic mass is 10.1. The van der Waals surface area contributed by atoms with Crippen LogP contribution in [-0.4, -0.2) is 22.6 Å². The van der Waals surface area contributed by atoms with Crippen molar-refractivity contribution in [2.45, 2.75) is 51.7 Å². The van der Waals surface area contributed by atoms with Gasteiger partial charge in [0.15, 0.2) is 0 Å². The Kier molecular flexibility index (Phi) is 5.43. The van der Waals surface area contributed by atoms with Gasteiger partial charge in [0.2, 0.25) is 5.95 Å². The monoisotopic (exact) mass is 379 g/mol. The second-order valence-electron chi connectivity index (χ2n) is 6.90. The molecule has 1 fully saturated rings. The Morgan fingerprint density at radius 3 is 2.67 bits per heavy atom. The summed E-state index contributed by atoms with van der Waals surface area (Å²) >= 11 is 0. The van der Waals surface area contributed by atoms with Gasteiger partial charge in [-0.2, -0.15) is 18.2 Å². The molecule has 1 unspecified atom stereocenters. The first-order valence-corrected chi connectivity index (χ1v) is 9.16. The molecule has 1 aromatic heterocycles. The van der Waals surface area contributed by atoms with Crippen LogP contribution in [0.25, 0.3) is 0 Å². The van der Waals surface area contributed by atoms with Crippen LogP contribution in [0.1, 0.15) is 44.4 Å².